The molecule has 26 heavy (non-hydrogen) atoms. The summed E-state index contributed by atoms with van der Waals surface area (Å²) >= 11 is 0. The molecule has 7 nitrogen and oxygen atoms in total. The highest BCUT2D eigenvalue weighted by atomic mass is 32.2. The molecule has 0 heterocycles. The van der Waals surface area contributed by atoms with Crippen molar-refractivity contribution in [3.05, 3.63) is 35.9 Å². The molecule has 1 unspecified atom stereocenters. The molecule has 1 aromatic rings. The second-order valence-electron chi connectivity index (χ2n) is 6.39. The maximum absolute atomic E-state index is 12.1. The number of aliphatic imine (C=N–C) groups is 1. The van der Waals surface area contributed by atoms with Gasteiger partial charge < -0.3 is 10.6 Å². The van der Waals surface area contributed by atoms with E-state index in [4.69, 9.17) is 0 Å². The summed E-state index contributed by atoms with van der Waals surface area (Å²) in [4.78, 5) is 4.07. The number of rotatable bonds is 10. The van der Waals surface area contributed by atoms with Crippen LogP contribution >= 0.6 is 0 Å². The van der Waals surface area contributed by atoms with E-state index < -0.39 is 19.7 Å². The minimum Gasteiger partial charge on any atom is -0.356 e. The lowest BCUT2D eigenvalue weighted by Crippen LogP contribution is -2.43. The van der Waals surface area contributed by atoms with E-state index in [9.17, 15) is 16.8 Å². The maximum Gasteiger partial charge on any atom is 0.191 e. The van der Waals surface area contributed by atoms with E-state index in [1.54, 1.807) is 19.2 Å². The summed E-state index contributed by atoms with van der Waals surface area (Å²) < 4.78 is 46.7. The van der Waals surface area contributed by atoms with Crippen LogP contribution in [0.2, 0.25) is 0 Å². The van der Waals surface area contributed by atoms with Crippen molar-refractivity contribution in [3.63, 3.8) is 0 Å². The molecule has 0 aliphatic rings. The van der Waals surface area contributed by atoms with Gasteiger partial charge in [0.25, 0.3) is 0 Å². The predicted molar refractivity (Wildman–Crippen MR) is 107 cm³/mol. The van der Waals surface area contributed by atoms with Crippen LogP contribution in [0.1, 0.15) is 25.3 Å². The van der Waals surface area contributed by atoms with E-state index in [0.29, 0.717) is 25.3 Å². The molecule has 0 spiro atoms. The monoisotopic (exact) mass is 403 g/mol. The zero-order valence-corrected chi connectivity index (χ0v) is 17.2. The second kappa shape index (κ2) is 10.5. The highest BCUT2D eigenvalue weighted by molar-refractivity contribution is 7.90. The molecule has 1 rings (SSSR count). The van der Waals surface area contributed by atoms with Gasteiger partial charge in [-0.3, -0.25) is 4.99 Å². The largest absolute Gasteiger partial charge is 0.356 e. The van der Waals surface area contributed by atoms with Crippen LogP contribution in [0.3, 0.4) is 0 Å². The molecule has 0 fully saturated rings. The molecule has 1 atom stereocenters. The third-order valence-corrected chi connectivity index (χ3v) is 6.34. The lowest BCUT2D eigenvalue weighted by molar-refractivity contribution is 0.580. The molecule has 0 saturated carbocycles. The first-order chi connectivity index (χ1) is 12.1. The predicted octanol–water partition coefficient (Wildman–Crippen LogP) is 0.980. The van der Waals surface area contributed by atoms with Crippen LogP contribution in [-0.4, -0.2) is 60.2 Å². The normalized spacial score (nSPS) is 14.0. The molecule has 0 saturated heterocycles. The first-order valence-corrected chi connectivity index (χ1v) is 12.4. The first kappa shape index (κ1) is 22.4. The standard InChI is InChI=1S/C17H29N3O4S2/c1-15(10-13-25(3,21)22)20-17(18-2)19-11-7-12-26(23,24)14-16-8-5-4-6-9-16/h4-6,8-9,15H,7,10-14H2,1-3H3,(H2,18,19,20). The van der Waals surface area contributed by atoms with E-state index in [0.717, 1.165) is 5.56 Å². The number of nitrogens with one attached hydrogen (secondary N) is 2. The second-order valence-corrected chi connectivity index (χ2v) is 10.8. The van der Waals surface area contributed by atoms with E-state index in [2.05, 4.69) is 15.6 Å². The van der Waals surface area contributed by atoms with Crippen LogP contribution in [0.5, 0.6) is 0 Å². The molecule has 0 bridgehead atoms. The number of sulfone groups is 2. The van der Waals surface area contributed by atoms with Crippen LogP contribution in [-0.2, 0) is 25.4 Å². The first-order valence-electron chi connectivity index (χ1n) is 8.50. The number of benzene rings is 1. The van der Waals surface area contributed by atoms with Gasteiger partial charge in [0.05, 0.1) is 17.3 Å². The average molecular weight is 404 g/mol. The third-order valence-electron chi connectivity index (χ3n) is 3.68. The Morgan fingerprint density at radius 3 is 2.35 bits per heavy atom. The van der Waals surface area contributed by atoms with E-state index in [1.807, 2.05) is 25.1 Å². The van der Waals surface area contributed by atoms with E-state index in [-0.39, 0.29) is 23.3 Å². The van der Waals surface area contributed by atoms with Gasteiger partial charge in [0, 0.05) is 25.9 Å². The van der Waals surface area contributed by atoms with Crippen molar-refractivity contribution >= 4 is 25.6 Å². The lowest BCUT2D eigenvalue weighted by Gasteiger charge is -2.17. The fourth-order valence-electron chi connectivity index (χ4n) is 2.29. The van der Waals surface area contributed by atoms with E-state index >= 15 is 0 Å². The molecular formula is C17H29N3O4S2. The topological polar surface area (TPSA) is 105 Å². The van der Waals surface area contributed by atoms with Crippen LogP contribution in [0.25, 0.3) is 0 Å². The average Bonchev–Trinajstić information content (AvgIpc) is 2.55. The Kier molecular flexibility index (Phi) is 9.07. The fraction of sp³-hybridized carbons (Fsp3) is 0.588. The molecule has 9 heteroatoms. The summed E-state index contributed by atoms with van der Waals surface area (Å²) in [5.74, 6) is 0.779. The Morgan fingerprint density at radius 1 is 1.12 bits per heavy atom. The van der Waals surface area contributed by atoms with Crippen molar-refractivity contribution < 1.29 is 16.8 Å². The van der Waals surface area contributed by atoms with Crippen LogP contribution in [0, 0.1) is 0 Å². The molecule has 0 radical (unpaired) electrons. The van der Waals surface area contributed by atoms with Gasteiger partial charge in [-0.15, -0.1) is 0 Å². The Balaban J connectivity index is 2.34. The number of guanidine groups is 1. The fourth-order valence-corrected chi connectivity index (χ4v) is 4.50. The van der Waals surface area contributed by atoms with Gasteiger partial charge >= 0.3 is 0 Å². The Morgan fingerprint density at radius 2 is 1.77 bits per heavy atom. The van der Waals surface area contributed by atoms with Crippen molar-refractivity contribution in [1.29, 1.82) is 0 Å². The zero-order chi connectivity index (χ0) is 19.6. The van der Waals surface area contributed by atoms with Crippen molar-refractivity contribution in [2.45, 2.75) is 31.6 Å². The van der Waals surface area contributed by atoms with Crippen LogP contribution in [0.15, 0.2) is 35.3 Å². The van der Waals surface area contributed by atoms with Crippen LogP contribution < -0.4 is 10.6 Å². The summed E-state index contributed by atoms with van der Waals surface area (Å²) in [7, 11) is -4.53. The molecule has 2 N–H and O–H groups in total. The zero-order valence-electron chi connectivity index (χ0n) is 15.6. The highest BCUT2D eigenvalue weighted by Gasteiger charge is 2.12. The summed E-state index contributed by atoms with van der Waals surface area (Å²) in [5.41, 5.74) is 0.789. The van der Waals surface area contributed by atoms with Gasteiger partial charge in [-0.25, -0.2) is 16.8 Å². The van der Waals surface area contributed by atoms with Gasteiger partial charge in [-0.2, -0.15) is 0 Å². The Hall–Kier alpha value is -1.61. The molecular weight excluding hydrogens is 374 g/mol. The molecule has 0 amide bonds. The van der Waals surface area contributed by atoms with Gasteiger partial charge in [-0.1, -0.05) is 30.3 Å². The molecule has 1 aromatic carbocycles. The van der Waals surface area contributed by atoms with Crippen molar-refractivity contribution in [2.75, 3.05) is 31.4 Å². The molecule has 0 aliphatic carbocycles. The number of hydrogen-bond acceptors (Lipinski definition) is 5. The Bertz CT molecular complexity index is 775. The van der Waals surface area contributed by atoms with Crippen molar-refractivity contribution in [1.82, 2.24) is 10.6 Å². The van der Waals surface area contributed by atoms with Gasteiger partial charge in [0.2, 0.25) is 0 Å². The van der Waals surface area contributed by atoms with Gasteiger partial charge in [0.1, 0.15) is 9.84 Å². The van der Waals surface area contributed by atoms with Crippen molar-refractivity contribution in [3.8, 4) is 0 Å². The smallest absolute Gasteiger partial charge is 0.191 e. The summed E-state index contributed by atoms with van der Waals surface area (Å²) in [5, 5.41) is 6.16. The highest BCUT2D eigenvalue weighted by Crippen LogP contribution is 2.06. The molecule has 148 valence electrons. The maximum atomic E-state index is 12.1. The summed E-state index contributed by atoms with van der Waals surface area (Å²) in [6, 6.07) is 9.06. The summed E-state index contributed by atoms with van der Waals surface area (Å²) in [6.45, 7) is 2.34. The van der Waals surface area contributed by atoms with Gasteiger partial charge in [0.15, 0.2) is 15.8 Å². The number of nitrogens with zero attached hydrogens (tertiary/aromatic N) is 1. The Labute approximate surface area is 157 Å². The quantitative estimate of drug-likeness (QED) is 0.343. The minimum absolute atomic E-state index is 0.0450. The van der Waals surface area contributed by atoms with Crippen molar-refractivity contribution in [2.24, 2.45) is 4.99 Å². The third kappa shape index (κ3) is 10.4. The molecule has 0 aliphatic heterocycles. The summed E-state index contributed by atoms with van der Waals surface area (Å²) in [6.07, 6.45) is 2.15. The minimum atomic E-state index is -3.15. The lowest BCUT2D eigenvalue weighted by atomic mass is 10.2. The van der Waals surface area contributed by atoms with Gasteiger partial charge in [-0.05, 0) is 25.3 Å². The number of hydrogen-bond donors (Lipinski definition) is 2. The molecule has 0 aromatic heterocycles. The SMILES string of the molecule is CN=C(NCCCS(=O)(=O)Cc1ccccc1)NC(C)CCS(C)(=O)=O. The van der Waals surface area contributed by atoms with E-state index in [1.165, 1.54) is 6.26 Å². The van der Waals surface area contributed by atoms with Crippen LogP contribution in [0.4, 0.5) is 0 Å².